The molecule has 0 saturated heterocycles. The first-order chi connectivity index (χ1) is 13.0. The van der Waals surface area contributed by atoms with Gasteiger partial charge in [0.1, 0.15) is 17.6 Å². The molecule has 0 aliphatic heterocycles. The van der Waals surface area contributed by atoms with E-state index in [0.717, 1.165) is 4.88 Å². The number of aromatic nitrogens is 2. The van der Waals surface area contributed by atoms with Gasteiger partial charge in [-0.25, -0.2) is 4.39 Å². The summed E-state index contributed by atoms with van der Waals surface area (Å²) in [7, 11) is 0. The Kier molecular flexibility index (Phi) is 4.65. The molecule has 0 fully saturated rings. The van der Waals surface area contributed by atoms with Crippen molar-refractivity contribution in [3.63, 3.8) is 0 Å². The second-order valence-corrected chi connectivity index (χ2v) is 7.55. The van der Waals surface area contributed by atoms with Gasteiger partial charge in [0.15, 0.2) is 5.76 Å². The molecule has 0 saturated carbocycles. The van der Waals surface area contributed by atoms with Crippen molar-refractivity contribution in [1.82, 2.24) is 10.1 Å². The molecule has 0 aliphatic rings. The third kappa shape index (κ3) is 3.44. The molecule has 4 aromatic rings. The molecule has 5 nitrogen and oxygen atoms in total. The third-order valence-electron chi connectivity index (χ3n) is 3.99. The summed E-state index contributed by atoms with van der Waals surface area (Å²) in [6, 6.07) is 11.0. The number of hydrogen-bond donors (Lipinski definition) is 2. The number of rotatable bonds is 4. The van der Waals surface area contributed by atoms with Crippen LogP contribution in [0.5, 0.6) is 0 Å². The van der Waals surface area contributed by atoms with Gasteiger partial charge < -0.3 is 15.4 Å². The Labute approximate surface area is 162 Å². The predicted molar refractivity (Wildman–Crippen MR) is 103 cm³/mol. The summed E-state index contributed by atoms with van der Waals surface area (Å²) in [4.78, 5) is 4.76. The van der Waals surface area contributed by atoms with Crippen LogP contribution in [0.15, 0.2) is 59.4 Å². The molecule has 1 aromatic carbocycles. The molecule has 3 heterocycles. The first-order valence-electron chi connectivity index (χ1n) is 7.92. The van der Waals surface area contributed by atoms with E-state index in [1.165, 1.54) is 23.5 Å². The highest BCUT2D eigenvalue weighted by Crippen LogP contribution is 2.42. The van der Waals surface area contributed by atoms with E-state index in [1.54, 1.807) is 42.7 Å². The van der Waals surface area contributed by atoms with Gasteiger partial charge in [-0.3, -0.25) is 4.98 Å². The molecule has 4 rings (SSSR count). The van der Waals surface area contributed by atoms with Gasteiger partial charge in [-0.15, -0.1) is 11.3 Å². The smallest absolute Gasteiger partial charge is 0.173 e. The van der Waals surface area contributed by atoms with E-state index in [-0.39, 0.29) is 11.4 Å². The fraction of sp³-hybridized carbons (Fsp3) is 0.0526. The zero-order valence-corrected chi connectivity index (χ0v) is 15.3. The van der Waals surface area contributed by atoms with Crippen molar-refractivity contribution < 1.29 is 14.0 Å². The number of nitrogen functional groups attached to an aromatic ring is 1. The van der Waals surface area contributed by atoms with Gasteiger partial charge in [0.25, 0.3) is 0 Å². The maximum absolute atomic E-state index is 13.9. The molecule has 0 amide bonds. The van der Waals surface area contributed by atoms with Crippen molar-refractivity contribution in [1.29, 1.82) is 0 Å². The lowest BCUT2D eigenvalue weighted by Gasteiger charge is -2.12. The summed E-state index contributed by atoms with van der Waals surface area (Å²) in [5.41, 5.74) is 7.76. The van der Waals surface area contributed by atoms with Crippen LogP contribution in [0.4, 0.5) is 10.1 Å². The number of pyridine rings is 1. The molecule has 8 heteroatoms. The van der Waals surface area contributed by atoms with E-state index in [2.05, 4.69) is 10.1 Å². The number of benzene rings is 1. The summed E-state index contributed by atoms with van der Waals surface area (Å²) in [5.74, 6) is -0.277. The zero-order chi connectivity index (χ0) is 19.0. The van der Waals surface area contributed by atoms with E-state index < -0.39 is 11.9 Å². The zero-order valence-electron chi connectivity index (χ0n) is 13.8. The summed E-state index contributed by atoms with van der Waals surface area (Å²) >= 11 is 7.35. The van der Waals surface area contributed by atoms with Crippen LogP contribution < -0.4 is 5.73 Å². The molecule has 1 unspecified atom stereocenters. The molecule has 27 heavy (non-hydrogen) atoms. The highest BCUT2D eigenvalue weighted by Gasteiger charge is 2.27. The first-order valence-corrected chi connectivity index (χ1v) is 9.12. The SMILES string of the molecule is Nc1cc(F)cc(-c2onc(-c3ccc(Cl)s3)c2C(O)c2cccnc2)c1. The van der Waals surface area contributed by atoms with Crippen LogP contribution in [0.3, 0.4) is 0 Å². The van der Waals surface area contributed by atoms with Crippen LogP contribution in [-0.4, -0.2) is 15.2 Å². The highest BCUT2D eigenvalue weighted by atomic mass is 35.5. The maximum Gasteiger partial charge on any atom is 0.173 e. The Balaban J connectivity index is 1.93. The van der Waals surface area contributed by atoms with Gasteiger partial charge in [-0.1, -0.05) is 22.8 Å². The van der Waals surface area contributed by atoms with Gasteiger partial charge in [0.05, 0.1) is 14.8 Å². The average molecular weight is 402 g/mol. The summed E-state index contributed by atoms with van der Waals surface area (Å²) in [6.45, 7) is 0. The van der Waals surface area contributed by atoms with Gasteiger partial charge >= 0.3 is 0 Å². The van der Waals surface area contributed by atoms with E-state index in [1.807, 2.05) is 0 Å². The van der Waals surface area contributed by atoms with Crippen LogP contribution in [0.25, 0.3) is 21.9 Å². The molecule has 0 spiro atoms. The normalized spacial score (nSPS) is 12.3. The number of nitrogens with zero attached hydrogens (tertiary/aromatic N) is 2. The Morgan fingerprint density at radius 2 is 2.07 bits per heavy atom. The van der Waals surface area contributed by atoms with Crippen molar-refractivity contribution in [2.45, 2.75) is 6.10 Å². The first kappa shape index (κ1) is 17.7. The number of thiophene rings is 1. The molecule has 0 radical (unpaired) electrons. The molecule has 136 valence electrons. The minimum Gasteiger partial charge on any atom is -0.399 e. The summed E-state index contributed by atoms with van der Waals surface area (Å²) in [6.07, 6.45) is 2.07. The van der Waals surface area contributed by atoms with Crippen molar-refractivity contribution in [3.05, 3.63) is 76.1 Å². The van der Waals surface area contributed by atoms with Crippen LogP contribution in [-0.2, 0) is 0 Å². The molecule has 0 bridgehead atoms. The van der Waals surface area contributed by atoms with Crippen molar-refractivity contribution in [2.75, 3.05) is 5.73 Å². The highest BCUT2D eigenvalue weighted by molar-refractivity contribution is 7.19. The average Bonchev–Trinajstić information content (AvgIpc) is 3.27. The van der Waals surface area contributed by atoms with Crippen LogP contribution in [0, 0.1) is 5.82 Å². The second-order valence-electron chi connectivity index (χ2n) is 5.84. The third-order valence-corrected chi connectivity index (χ3v) is 5.23. The number of aliphatic hydroxyl groups is 1. The molecule has 0 aliphatic carbocycles. The van der Waals surface area contributed by atoms with E-state index >= 15 is 0 Å². The number of anilines is 1. The lowest BCUT2D eigenvalue weighted by Crippen LogP contribution is -2.02. The van der Waals surface area contributed by atoms with Crippen LogP contribution >= 0.6 is 22.9 Å². The van der Waals surface area contributed by atoms with E-state index in [4.69, 9.17) is 21.9 Å². The Morgan fingerprint density at radius 3 is 2.74 bits per heavy atom. The maximum atomic E-state index is 13.9. The number of hydrogen-bond acceptors (Lipinski definition) is 6. The Bertz CT molecular complexity index is 1080. The fourth-order valence-electron chi connectivity index (χ4n) is 2.83. The van der Waals surface area contributed by atoms with Crippen molar-refractivity contribution >= 4 is 28.6 Å². The quantitative estimate of drug-likeness (QED) is 0.474. The largest absolute Gasteiger partial charge is 0.399 e. The van der Waals surface area contributed by atoms with Crippen molar-refractivity contribution in [3.8, 4) is 21.9 Å². The predicted octanol–water partition coefficient (Wildman–Crippen LogP) is 4.92. The molecule has 3 N–H and O–H groups in total. The topological polar surface area (TPSA) is 85.2 Å². The molecule has 1 atom stereocenters. The van der Waals surface area contributed by atoms with Gasteiger partial charge in [-0.2, -0.15) is 0 Å². The number of halogens is 2. The lowest BCUT2D eigenvalue weighted by atomic mass is 9.97. The summed E-state index contributed by atoms with van der Waals surface area (Å²) in [5, 5.41) is 15.1. The Hall–Kier alpha value is -2.74. The van der Waals surface area contributed by atoms with E-state index in [0.29, 0.717) is 26.7 Å². The van der Waals surface area contributed by atoms with Gasteiger partial charge in [0.2, 0.25) is 0 Å². The standard InChI is InChI=1S/C19H13ClFN3O2S/c20-15-4-3-14(27-15)17-16(18(25)10-2-1-5-23-9-10)19(26-24-17)11-6-12(21)8-13(22)7-11/h1-9,18,25H,22H2. The van der Waals surface area contributed by atoms with Crippen molar-refractivity contribution in [2.24, 2.45) is 0 Å². The molecular formula is C19H13ClFN3O2S. The minimum absolute atomic E-state index is 0.233. The number of aliphatic hydroxyl groups excluding tert-OH is 1. The van der Waals surface area contributed by atoms with Gasteiger partial charge in [0, 0.05) is 29.2 Å². The second kappa shape index (κ2) is 7.11. The monoisotopic (exact) mass is 401 g/mol. The lowest BCUT2D eigenvalue weighted by molar-refractivity contribution is 0.220. The molecule has 3 aromatic heterocycles. The van der Waals surface area contributed by atoms with Crippen LogP contribution in [0.1, 0.15) is 17.2 Å². The minimum atomic E-state index is -1.08. The molecular weight excluding hydrogens is 389 g/mol. The fourth-order valence-corrected chi connectivity index (χ4v) is 3.86. The van der Waals surface area contributed by atoms with E-state index in [9.17, 15) is 9.50 Å². The Morgan fingerprint density at radius 1 is 1.22 bits per heavy atom. The van der Waals surface area contributed by atoms with Crippen LogP contribution in [0.2, 0.25) is 4.34 Å². The van der Waals surface area contributed by atoms with Gasteiger partial charge in [-0.05, 0) is 36.4 Å². The number of nitrogens with two attached hydrogens (primary N) is 1. The summed E-state index contributed by atoms with van der Waals surface area (Å²) < 4.78 is 20.0.